The first kappa shape index (κ1) is 21.2. The highest BCUT2D eigenvalue weighted by Crippen LogP contribution is 2.29. The van der Waals surface area contributed by atoms with Gasteiger partial charge in [0.2, 0.25) is 5.76 Å². The zero-order valence-electron chi connectivity index (χ0n) is 16.8. The number of sulfone groups is 1. The molecule has 0 spiro atoms. The molecule has 0 radical (unpaired) electrons. The number of benzene rings is 1. The highest BCUT2D eigenvalue weighted by atomic mass is 32.2. The minimum Gasteiger partial charge on any atom is -0.494 e. The molecule has 1 fully saturated rings. The minimum absolute atomic E-state index is 0.0351. The van der Waals surface area contributed by atoms with Crippen molar-refractivity contribution >= 4 is 32.7 Å². The zero-order valence-corrected chi connectivity index (χ0v) is 17.6. The van der Waals surface area contributed by atoms with Gasteiger partial charge in [0.15, 0.2) is 16.4 Å². The third kappa shape index (κ3) is 4.55. The summed E-state index contributed by atoms with van der Waals surface area (Å²) in [5.74, 6) is -0.429. The fourth-order valence-electron chi connectivity index (χ4n) is 3.59. The summed E-state index contributed by atoms with van der Waals surface area (Å²) in [6.45, 7) is 5.79. The third-order valence-corrected chi connectivity index (χ3v) is 6.79. The minimum atomic E-state index is -3.11. The Morgan fingerprint density at radius 2 is 2.03 bits per heavy atom. The van der Waals surface area contributed by atoms with E-state index in [-0.39, 0.29) is 23.3 Å². The molecule has 0 N–H and O–H groups in total. The molecule has 1 aromatic carbocycles. The van der Waals surface area contributed by atoms with Crippen LogP contribution in [0, 0.1) is 6.92 Å². The molecule has 1 atom stereocenters. The van der Waals surface area contributed by atoms with E-state index in [1.807, 2.05) is 6.92 Å². The smallest absolute Gasteiger partial charge is 0.375 e. The lowest BCUT2D eigenvalue weighted by Crippen LogP contribution is -2.43. The average molecular weight is 423 g/mol. The van der Waals surface area contributed by atoms with Gasteiger partial charge in [-0.15, -0.1) is 0 Å². The molecule has 0 aliphatic carbocycles. The Hall–Kier alpha value is -2.55. The predicted octanol–water partition coefficient (Wildman–Crippen LogP) is 2.33. The molecule has 3 rings (SSSR count). The number of carbonyl (C=O) groups is 2. The SMILES string of the molecule is CCOc1ccc2oc(C(=O)OCC(=O)N(CC)[C@@H]3CCS(=O)(=O)C3)c(C)c2c1. The van der Waals surface area contributed by atoms with Crippen molar-refractivity contribution in [1.29, 1.82) is 0 Å². The monoisotopic (exact) mass is 423 g/mol. The number of amides is 1. The van der Waals surface area contributed by atoms with Crippen LogP contribution in [-0.4, -0.2) is 62.5 Å². The Morgan fingerprint density at radius 1 is 1.28 bits per heavy atom. The Bertz CT molecular complexity index is 1020. The molecule has 9 heteroatoms. The molecular weight excluding hydrogens is 398 g/mol. The van der Waals surface area contributed by atoms with Crippen LogP contribution in [0.3, 0.4) is 0 Å². The standard InChI is InChI=1S/C20H25NO7S/c1-4-21(14-8-9-29(24,25)12-14)18(22)11-27-20(23)19-13(3)16-10-15(26-5-2)6-7-17(16)28-19/h6-7,10,14H,4-5,8-9,11-12H2,1-3H3/t14-/m1/s1. The van der Waals surface area contributed by atoms with Crippen molar-refractivity contribution in [2.24, 2.45) is 0 Å². The number of rotatable bonds is 7. The fraction of sp³-hybridized carbons (Fsp3) is 0.500. The number of fused-ring (bicyclic) bond motifs is 1. The molecule has 0 unspecified atom stereocenters. The van der Waals surface area contributed by atoms with Crippen LogP contribution in [-0.2, 0) is 19.4 Å². The van der Waals surface area contributed by atoms with Crippen LogP contribution in [0.5, 0.6) is 5.75 Å². The summed E-state index contributed by atoms with van der Waals surface area (Å²) >= 11 is 0. The summed E-state index contributed by atoms with van der Waals surface area (Å²) in [5, 5.41) is 0.737. The molecule has 1 aliphatic heterocycles. The Morgan fingerprint density at radius 3 is 2.66 bits per heavy atom. The van der Waals surface area contributed by atoms with E-state index in [2.05, 4.69) is 0 Å². The van der Waals surface area contributed by atoms with E-state index >= 15 is 0 Å². The second-order valence-corrected chi connectivity index (χ2v) is 9.19. The summed E-state index contributed by atoms with van der Waals surface area (Å²) in [6, 6.07) is 4.89. The van der Waals surface area contributed by atoms with Crippen LogP contribution in [0.4, 0.5) is 0 Å². The molecular formula is C20H25NO7S. The Balaban J connectivity index is 1.68. The zero-order chi connectivity index (χ0) is 21.2. The number of carbonyl (C=O) groups excluding carboxylic acids is 2. The van der Waals surface area contributed by atoms with Gasteiger partial charge >= 0.3 is 5.97 Å². The van der Waals surface area contributed by atoms with Crippen molar-refractivity contribution < 1.29 is 31.9 Å². The number of aryl methyl sites for hydroxylation is 1. The third-order valence-electron chi connectivity index (χ3n) is 5.04. The highest BCUT2D eigenvalue weighted by molar-refractivity contribution is 7.91. The lowest BCUT2D eigenvalue weighted by atomic mass is 10.1. The first-order valence-corrected chi connectivity index (χ1v) is 11.4. The van der Waals surface area contributed by atoms with Gasteiger partial charge in [-0.25, -0.2) is 13.2 Å². The molecule has 2 heterocycles. The van der Waals surface area contributed by atoms with Gasteiger partial charge in [-0.2, -0.15) is 0 Å². The number of hydrogen-bond donors (Lipinski definition) is 0. The first-order chi connectivity index (χ1) is 13.8. The van der Waals surface area contributed by atoms with Gasteiger partial charge in [0, 0.05) is 23.5 Å². The maximum absolute atomic E-state index is 12.5. The lowest BCUT2D eigenvalue weighted by molar-refractivity contribution is -0.136. The van der Waals surface area contributed by atoms with Crippen LogP contribution in [0.2, 0.25) is 0 Å². The Labute approximate surface area is 169 Å². The van der Waals surface area contributed by atoms with E-state index in [1.54, 1.807) is 32.0 Å². The largest absolute Gasteiger partial charge is 0.494 e. The first-order valence-electron chi connectivity index (χ1n) is 9.58. The number of hydrogen-bond acceptors (Lipinski definition) is 7. The van der Waals surface area contributed by atoms with E-state index in [0.29, 0.717) is 36.5 Å². The van der Waals surface area contributed by atoms with E-state index in [9.17, 15) is 18.0 Å². The number of ether oxygens (including phenoxy) is 2. The predicted molar refractivity (Wildman–Crippen MR) is 107 cm³/mol. The van der Waals surface area contributed by atoms with Crippen LogP contribution in [0.1, 0.15) is 36.4 Å². The molecule has 1 aromatic heterocycles. The van der Waals surface area contributed by atoms with Gasteiger partial charge < -0.3 is 18.8 Å². The van der Waals surface area contributed by atoms with Crippen LogP contribution in [0.25, 0.3) is 11.0 Å². The van der Waals surface area contributed by atoms with E-state index in [1.165, 1.54) is 4.90 Å². The van der Waals surface area contributed by atoms with Gasteiger partial charge in [0.1, 0.15) is 11.3 Å². The van der Waals surface area contributed by atoms with Crippen molar-refractivity contribution in [3.05, 3.63) is 29.5 Å². The maximum atomic E-state index is 12.5. The fourth-order valence-corrected chi connectivity index (χ4v) is 5.32. The number of furan rings is 1. The van der Waals surface area contributed by atoms with Gasteiger partial charge in [-0.3, -0.25) is 4.79 Å². The van der Waals surface area contributed by atoms with E-state index in [0.717, 1.165) is 5.39 Å². The van der Waals surface area contributed by atoms with Crippen LogP contribution < -0.4 is 4.74 Å². The topological polar surface area (TPSA) is 103 Å². The normalized spacial score (nSPS) is 18.0. The van der Waals surface area contributed by atoms with Crippen molar-refractivity contribution in [3.63, 3.8) is 0 Å². The van der Waals surface area contributed by atoms with Gasteiger partial charge in [-0.1, -0.05) is 0 Å². The van der Waals surface area contributed by atoms with Crippen LogP contribution >= 0.6 is 0 Å². The van der Waals surface area contributed by atoms with Gasteiger partial charge in [0.05, 0.1) is 18.1 Å². The van der Waals surface area contributed by atoms with Crippen molar-refractivity contribution in [2.75, 3.05) is 31.3 Å². The molecule has 1 saturated heterocycles. The van der Waals surface area contributed by atoms with Crippen LogP contribution in [0.15, 0.2) is 22.6 Å². The number of esters is 1. The number of likely N-dealkylation sites (N-methyl/N-ethyl adjacent to an activating group) is 1. The summed E-state index contributed by atoms with van der Waals surface area (Å²) in [5.41, 5.74) is 1.13. The van der Waals surface area contributed by atoms with Gasteiger partial charge in [0.25, 0.3) is 5.91 Å². The molecule has 158 valence electrons. The van der Waals surface area contributed by atoms with Gasteiger partial charge in [-0.05, 0) is 45.4 Å². The van der Waals surface area contributed by atoms with E-state index < -0.39 is 28.3 Å². The molecule has 2 aromatic rings. The number of nitrogens with zero attached hydrogens (tertiary/aromatic N) is 1. The van der Waals surface area contributed by atoms with E-state index in [4.69, 9.17) is 13.9 Å². The van der Waals surface area contributed by atoms with Crippen molar-refractivity contribution in [2.45, 2.75) is 33.2 Å². The summed E-state index contributed by atoms with van der Waals surface area (Å²) < 4.78 is 39.6. The highest BCUT2D eigenvalue weighted by Gasteiger charge is 2.34. The molecule has 0 bridgehead atoms. The van der Waals surface area contributed by atoms with Crippen molar-refractivity contribution in [3.8, 4) is 5.75 Å². The second kappa shape index (κ2) is 8.44. The lowest BCUT2D eigenvalue weighted by Gasteiger charge is -2.26. The molecule has 0 saturated carbocycles. The molecule has 29 heavy (non-hydrogen) atoms. The quantitative estimate of drug-likeness (QED) is 0.630. The maximum Gasteiger partial charge on any atom is 0.375 e. The Kier molecular flexibility index (Phi) is 6.16. The molecule has 8 nitrogen and oxygen atoms in total. The molecule has 1 amide bonds. The average Bonchev–Trinajstić information content (AvgIpc) is 3.20. The summed E-state index contributed by atoms with van der Waals surface area (Å²) in [4.78, 5) is 26.4. The summed E-state index contributed by atoms with van der Waals surface area (Å²) in [7, 11) is -3.11. The second-order valence-electron chi connectivity index (χ2n) is 6.96. The summed E-state index contributed by atoms with van der Waals surface area (Å²) in [6.07, 6.45) is 0.403. The molecule has 1 aliphatic rings. The van der Waals surface area contributed by atoms with Crippen molar-refractivity contribution in [1.82, 2.24) is 4.90 Å².